The zero-order valence-electron chi connectivity index (χ0n) is 7.53. The van der Waals surface area contributed by atoms with Crippen molar-refractivity contribution in [2.24, 2.45) is 0 Å². The van der Waals surface area contributed by atoms with Gasteiger partial charge in [0.2, 0.25) is 0 Å². The van der Waals surface area contributed by atoms with Crippen molar-refractivity contribution in [1.29, 1.82) is 0 Å². The minimum atomic E-state index is 0.395. The molecular weight excluding hydrogens is 304 g/mol. The molecule has 2 atom stereocenters. The van der Waals surface area contributed by atoms with E-state index in [1.54, 1.807) is 0 Å². The quantitative estimate of drug-likeness (QED) is 0.673. The monoisotopic (exact) mass is 312 g/mol. The second-order valence-corrected chi connectivity index (χ2v) is 5.17. The normalized spacial score (nSPS) is 25.3. The van der Waals surface area contributed by atoms with Crippen molar-refractivity contribution >= 4 is 31.9 Å². The standard InChI is InChI=1S/C12H10Br2/c13-11-7-3-1-5-9(11)10-6-2-4-8-12(10)14/h1-9,11H. The van der Waals surface area contributed by atoms with Crippen molar-refractivity contribution in [2.45, 2.75) is 10.7 Å². The molecule has 1 aromatic carbocycles. The number of hydrogen-bond acceptors (Lipinski definition) is 0. The molecule has 0 aromatic heterocycles. The third-order valence-corrected chi connectivity index (χ3v) is 3.93. The summed E-state index contributed by atoms with van der Waals surface area (Å²) in [6.45, 7) is 0. The number of halogens is 2. The Morgan fingerprint density at radius 1 is 1.00 bits per heavy atom. The van der Waals surface area contributed by atoms with Crippen molar-refractivity contribution < 1.29 is 0 Å². The van der Waals surface area contributed by atoms with Crippen LogP contribution in [0.3, 0.4) is 0 Å². The fraction of sp³-hybridized carbons (Fsp3) is 0.167. The summed E-state index contributed by atoms with van der Waals surface area (Å²) in [5, 5.41) is 0. The number of hydrogen-bond donors (Lipinski definition) is 0. The Hall–Kier alpha value is -0.340. The van der Waals surface area contributed by atoms with Crippen molar-refractivity contribution in [3.8, 4) is 0 Å². The molecule has 1 aliphatic carbocycles. The van der Waals surface area contributed by atoms with Crippen molar-refractivity contribution in [1.82, 2.24) is 0 Å². The lowest BCUT2D eigenvalue weighted by Gasteiger charge is -2.20. The molecule has 2 heteroatoms. The molecule has 0 aliphatic heterocycles. The van der Waals surface area contributed by atoms with Gasteiger partial charge in [0.1, 0.15) is 0 Å². The predicted octanol–water partition coefficient (Wildman–Crippen LogP) is 4.42. The van der Waals surface area contributed by atoms with Crippen molar-refractivity contribution in [2.75, 3.05) is 0 Å². The molecule has 0 nitrogen and oxygen atoms in total. The summed E-state index contributed by atoms with van der Waals surface area (Å²) in [5.74, 6) is 0.426. The van der Waals surface area contributed by atoms with Crippen molar-refractivity contribution in [3.63, 3.8) is 0 Å². The van der Waals surface area contributed by atoms with E-state index in [1.165, 1.54) is 10.0 Å². The third-order valence-electron chi connectivity index (χ3n) is 2.33. The maximum atomic E-state index is 3.67. The summed E-state index contributed by atoms with van der Waals surface area (Å²) < 4.78 is 1.18. The van der Waals surface area contributed by atoms with Crippen molar-refractivity contribution in [3.05, 3.63) is 58.6 Å². The first kappa shape index (κ1) is 10.2. The molecular formula is C12H10Br2. The van der Waals surface area contributed by atoms with E-state index in [1.807, 2.05) is 6.07 Å². The lowest BCUT2D eigenvalue weighted by molar-refractivity contribution is 0.877. The third kappa shape index (κ3) is 2.01. The summed E-state index contributed by atoms with van der Waals surface area (Å²) in [7, 11) is 0. The Kier molecular flexibility index (Phi) is 3.24. The highest BCUT2D eigenvalue weighted by Crippen LogP contribution is 2.34. The molecule has 0 saturated heterocycles. The van der Waals surface area contributed by atoms with E-state index in [2.05, 4.69) is 74.4 Å². The number of alkyl halides is 1. The molecule has 0 saturated carbocycles. The molecule has 0 bridgehead atoms. The summed E-state index contributed by atoms with van der Waals surface area (Å²) in [4.78, 5) is 0.395. The molecule has 0 N–H and O–H groups in total. The molecule has 0 fully saturated rings. The Morgan fingerprint density at radius 2 is 1.71 bits per heavy atom. The van der Waals surface area contributed by atoms with E-state index in [4.69, 9.17) is 0 Å². The lowest BCUT2D eigenvalue weighted by Crippen LogP contribution is -2.10. The van der Waals surface area contributed by atoms with Gasteiger partial charge in [0, 0.05) is 15.2 Å². The van der Waals surface area contributed by atoms with Gasteiger partial charge < -0.3 is 0 Å². The molecule has 14 heavy (non-hydrogen) atoms. The smallest absolute Gasteiger partial charge is 0.0432 e. The van der Waals surface area contributed by atoms with Gasteiger partial charge in [-0.05, 0) is 11.6 Å². The van der Waals surface area contributed by atoms with E-state index in [0.717, 1.165) is 0 Å². The minimum Gasteiger partial charge on any atom is -0.0835 e. The maximum Gasteiger partial charge on any atom is 0.0432 e. The Morgan fingerprint density at radius 3 is 2.43 bits per heavy atom. The van der Waals surface area contributed by atoms with Gasteiger partial charge in [-0.15, -0.1) is 0 Å². The molecule has 1 aliphatic rings. The van der Waals surface area contributed by atoms with Crippen LogP contribution >= 0.6 is 31.9 Å². The highest BCUT2D eigenvalue weighted by molar-refractivity contribution is 9.10. The lowest BCUT2D eigenvalue weighted by atomic mass is 9.93. The van der Waals surface area contributed by atoms with Gasteiger partial charge >= 0.3 is 0 Å². The Bertz CT molecular complexity index is 380. The Labute approximate surface area is 101 Å². The second-order valence-electron chi connectivity index (χ2n) is 3.26. The van der Waals surface area contributed by atoms with Gasteiger partial charge in [0.05, 0.1) is 0 Å². The zero-order valence-corrected chi connectivity index (χ0v) is 10.7. The molecule has 0 spiro atoms. The van der Waals surface area contributed by atoms with E-state index in [9.17, 15) is 0 Å². The topological polar surface area (TPSA) is 0 Å². The van der Waals surface area contributed by atoms with Crippen LogP contribution in [-0.4, -0.2) is 4.83 Å². The fourth-order valence-electron chi connectivity index (χ4n) is 1.60. The summed E-state index contributed by atoms with van der Waals surface area (Å²) in [5.41, 5.74) is 1.33. The first-order chi connectivity index (χ1) is 6.79. The molecule has 0 heterocycles. The van der Waals surface area contributed by atoms with Crippen LogP contribution in [0.25, 0.3) is 0 Å². The van der Waals surface area contributed by atoms with Crippen LogP contribution in [0, 0.1) is 0 Å². The van der Waals surface area contributed by atoms with E-state index >= 15 is 0 Å². The number of benzene rings is 1. The Balaban J connectivity index is 2.36. The van der Waals surface area contributed by atoms with Crippen LogP contribution in [0.15, 0.2) is 53.0 Å². The van der Waals surface area contributed by atoms with E-state index in [-0.39, 0.29) is 0 Å². The van der Waals surface area contributed by atoms with Gasteiger partial charge in [0.15, 0.2) is 0 Å². The molecule has 1 aromatic rings. The predicted molar refractivity (Wildman–Crippen MR) is 67.9 cm³/mol. The van der Waals surface area contributed by atoms with Crippen LogP contribution in [0.5, 0.6) is 0 Å². The molecule has 2 rings (SSSR count). The molecule has 0 amide bonds. The van der Waals surface area contributed by atoms with Crippen LogP contribution < -0.4 is 0 Å². The number of allylic oxidation sites excluding steroid dienone is 4. The van der Waals surface area contributed by atoms with Gasteiger partial charge in [0.25, 0.3) is 0 Å². The van der Waals surface area contributed by atoms with E-state index in [0.29, 0.717) is 10.7 Å². The van der Waals surface area contributed by atoms with Gasteiger partial charge in [-0.2, -0.15) is 0 Å². The van der Waals surface area contributed by atoms with Gasteiger partial charge in [-0.1, -0.05) is 74.4 Å². The highest BCUT2D eigenvalue weighted by atomic mass is 79.9. The minimum absolute atomic E-state index is 0.395. The number of rotatable bonds is 1. The summed E-state index contributed by atoms with van der Waals surface area (Å²) >= 11 is 7.25. The summed E-state index contributed by atoms with van der Waals surface area (Å²) in [6.07, 6.45) is 8.57. The fourth-order valence-corrected chi connectivity index (χ4v) is 2.79. The summed E-state index contributed by atoms with van der Waals surface area (Å²) in [6, 6.07) is 8.36. The first-order valence-corrected chi connectivity index (χ1v) is 6.23. The zero-order chi connectivity index (χ0) is 9.97. The van der Waals surface area contributed by atoms with Crippen LogP contribution in [0.2, 0.25) is 0 Å². The van der Waals surface area contributed by atoms with Gasteiger partial charge in [-0.25, -0.2) is 0 Å². The average molecular weight is 314 g/mol. The second kappa shape index (κ2) is 4.45. The molecule has 72 valence electrons. The molecule has 2 unspecified atom stereocenters. The van der Waals surface area contributed by atoms with Crippen LogP contribution in [0.1, 0.15) is 11.5 Å². The van der Waals surface area contributed by atoms with Crippen LogP contribution in [-0.2, 0) is 0 Å². The maximum absolute atomic E-state index is 3.67. The van der Waals surface area contributed by atoms with Gasteiger partial charge in [-0.3, -0.25) is 0 Å². The largest absolute Gasteiger partial charge is 0.0835 e. The highest BCUT2D eigenvalue weighted by Gasteiger charge is 2.19. The SMILES string of the molecule is Brc1ccccc1C1C=CC=CC1Br. The first-order valence-electron chi connectivity index (χ1n) is 4.52. The van der Waals surface area contributed by atoms with E-state index < -0.39 is 0 Å². The average Bonchev–Trinajstić information content (AvgIpc) is 2.20. The molecule has 0 radical (unpaired) electrons. The van der Waals surface area contributed by atoms with Crippen LogP contribution in [0.4, 0.5) is 0 Å².